The van der Waals surface area contributed by atoms with E-state index in [2.05, 4.69) is 15.9 Å². The second kappa shape index (κ2) is 5.02. The average molecular weight is 151 g/mol. The van der Waals surface area contributed by atoms with Gasteiger partial charge in [-0.05, 0) is 6.92 Å². The van der Waals surface area contributed by atoms with Crippen LogP contribution < -0.4 is 0 Å². The Hall–Kier alpha value is 0.0200. The molecule has 2 heteroatoms. The minimum absolute atomic E-state index is 0.738. The summed E-state index contributed by atoms with van der Waals surface area (Å²) < 4.78 is 4.76. The third-order valence-electron chi connectivity index (χ3n) is 0.314. The van der Waals surface area contributed by atoms with Crippen molar-refractivity contribution in [1.82, 2.24) is 0 Å². The normalized spacial score (nSPS) is 9.67. The zero-order chi connectivity index (χ0) is 4.83. The Morgan fingerprint density at radius 3 is 2.67 bits per heavy atom. The summed E-state index contributed by atoms with van der Waals surface area (Å²) in [5.41, 5.74) is 0. The molecular formula is C4H7BrO. The lowest BCUT2D eigenvalue weighted by Gasteiger charge is -1.86. The van der Waals surface area contributed by atoms with Crippen LogP contribution in [0.1, 0.15) is 6.92 Å². The highest BCUT2D eigenvalue weighted by atomic mass is 79.9. The molecule has 0 rings (SSSR count). The van der Waals surface area contributed by atoms with Crippen molar-refractivity contribution in [1.29, 1.82) is 0 Å². The Kier molecular flexibility index (Phi) is 5.04. The van der Waals surface area contributed by atoms with E-state index < -0.39 is 0 Å². The molecule has 0 N–H and O–H groups in total. The molecule has 0 saturated carbocycles. The molecule has 0 heterocycles. The summed E-state index contributed by atoms with van der Waals surface area (Å²) >= 11 is 3.04. The van der Waals surface area contributed by atoms with E-state index in [-0.39, 0.29) is 0 Å². The molecule has 0 aliphatic rings. The van der Waals surface area contributed by atoms with Crippen molar-refractivity contribution in [2.45, 2.75) is 6.92 Å². The summed E-state index contributed by atoms with van der Waals surface area (Å²) in [6.07, 6.45) is 1.60. The molecule has 0 radical (unpaired) electrons. The van der Waals surface area contributed by atoms with Gasteiger partial charge >= 0.3 is 0 Å². The molecule has 0 aromatic heterocycles. The molecule has 0 aromatic rings. The minimum Gasteiger partial charge on any atom is -0.501 e. The third kappa shape index (κ3) is 4.02. The molecule has 0 aliphatic heterocycles. The Balaban J connectivity index is 2.66. The largest absolute Gasteiger partial charge is 0.501 e. The van der Waals surface area contributed by atoms with Crippen molar-refractivity contribution in [2.24, 2.45) is 0 Å². The Morgan fingerprint density at radius 2 is 2.50 bits per heavy atom. The van der Waals surface area contributed by atoms with E-state index in [1.807, 2.05) is 6.92 Å². The van der Waals surface area contributed by atoms with Crippen LogP contribution in [0.4, 0.5) is 0 Å². The number of hydrogen-bond donors (Lipinski definition) is 0. The van der Waals surface area contributed by atoms with Crippen molar-refractivity contribution in [3.63, 3.8) is 0 Å². The monoisotopic (exact) mass is 150 g/mol. The summed E-state index contributed by atoms with van der Waals surface area (Å²) in [7, 11) is 0. The molecule has 0 fully saturated rings. The number of ether oxygens (including phenoxy) is 1. The molecule has 0 aliphatic carbocycles. The SMILES string of the molecule is CCOC=CBr. The van der Waals surface area contributed by atoms with Crippen LogP contribution in [-0.4, -0.2) is 6.61 Å². The molecule has 0 bridgehead atoms. The first-order valence-corrected chi connectivity index (χ1v) is 2.70. The first-order chi connectivity index (χ1) is 2.91. The standard InChI is InChI=1S/C4H7BrO/c1-2-6-4-3-5/h3-4H,2H2,1H3. The lowest BCUT2D eigenvalue weighted by molar-refractivity contribution is 0.270. The summed E-state index contributed by atoms with van der Waals surface area (Å²) in [6.45, 7) is 2.68. The second-order valence-electron chi connectivity index (χ2n) is 0.717. The minimum atomic E-state index is 0.738. The van der Waals surface area contributed by atoms with Gasteiger partial charge in [0.05, 0.1) is 12.9 Å². The fraction of sp³-hybridized carbons (Fsp3) is 0.500. The van der Waals surface area contributed by atoms with Crippen LogP contribution in [0, 0.1) is 0 Å². The van der Waals surface area contributed by atoms with Crippen molar-refractivity contribution in [2.75, 3.05) is 6.61 Å². The van der Waals surface area contributed by atoms with Gasteiger partial charge in [0.15, 0.2) is 0 Å². The zero-order valence-corrected chi connectivity index (χ0v) is 5.23. The topological polar surface area (TPSA) is 9.23 Å². The van der Waals surface area contributed by atoms with Gasteiger partial charge in [0, 0.05) is 4.99 Å². The molecule has 0 aromatic carbocycles. The maximum atomic E-state index is 4.76. The molecule has 6 heavy (non-hydrogen) atoms. The predicted octanol–water partition coefficient (Wildman–Crippen LogP) is 1.89. The Labute approximate surface area is 46.1 Å². The highest BCUT2D eigenvalue weighted by Gasteiger charge is 1.60. The van der Waals surface area contributed by atoms with Gasteiger partial charge in [0.2, 0.25) is 0 Å². The molecule has 36 valence electrons. The van der Waals surface area contributed by atoms with Crippen LogP contribution >= 0.6 is 15.9 Å². The van der Waals surface area contributed by atoms with Gasteiger partial charge in [-0.25, -0.2) is 0 Å². The fourth-order valence-electron chi connectivity index (χ4n) is 0.133. The Bertz CT molecular complexity index is 42.8. The van der Waals surface area contributed by atoms with Crippen molar-refractivity contribution < 1.29 is 4.74 Å². The van der Waals surface area contributed by atoms with Crippen molar-refractivity contribution in [3.05, 3.63) is 11.2 Å². The quantitative estimate of drug-likeness (QED) is 0.547. The smallest absolute Gasteiger partial charge is 0.0897 e. The highest BCUT2D eigenvalue weighted by Crippen LogP contribution is 1.81. The summed E-state index contributed by atoms with van der Waals surface area (Å²) in [5, 5.41) is 0. The second-order valence-corrected chi connectivity index (χ2v) is 1.25. The fourth-order valence-corrected chi connectivity index (χ4v) is 0.285. The van der Waals surface area contributed by atoms with Gasteiger partial charge in [-0.2, -0.15) is 0 Å². The summed E-state index contributed by atoms with van der Waals surface area (Å²) in [4.78, 5) is 1.68. The van der Waals surface area contributed by atoms with Gasteiger partial charge in [-0.3, -0.25) is 0 Å². The maximum Gasteiger partial charge on any atom is 0.0897 e. The van der Waals surface area contributed by atoms with E-state index >= 15 is 0 Å². The molecule has 0 atom stereocenters. The van der Waals surface area contributed by atoms with Crippen LogP contribution in [0.3, 0.4) is 0 Å². The average Bonchev–Trinajstić information content (AvgIpc) is 1.61. The number of rotatable bonds is 2. The summed E-state index contributed by atoms with van der Waals surface area (Å²) in [5.74, 6) is 0. The lowest BCUT2D eigenvalue weighted by Crippen LogP contribution is -1.73. The molecule has 0 unspecified atom stereocenters. The van der Waals surface area contributed by atoms with Crippen LogP contribution in [0.25, 0.3) is 0 Å². The molecule has 0 spiro atoms. The van der Waals surface area contributed by atoms with Gasteiger partial charge < -0.3 is 4.74 Å². The van der Waals surface area contributed by atoms with Gasteiger partial charge in [0.1, 0.15) is 0 Å². The van der Waals surface area contributed by atoms with Crippen molar-refractivity contribution >= 4 is 15.9 Å². The molecule has 1 nitrogen and oxygen atoms in total. The van der Waals surface area contributed by atoms with E-state index in [0.717, 1.165) is 6.61 Å². The van der Waals surface area contributed by atoms with E-state index in [9.17, 15) is 0 Å². The van der Waals surface area contributed by atoms with E-state index in [1.54, 1.807) is 11.2 Å². The number of hydrogen-bond acceptors (Lipinski definition) is 1. The highest BCUT2D eigenvalue weighted by molar-refractivity contribution is 9.11. The van der Waals surface area contributed by atoms with Crippen LogP contribution in [0.2, 0.25) is 0 Å². The molecule has 0 saturated heterocycles. The van der Waals surface area contributed by atoms with E-state index in [4.69, 9.17) is 4.74 Å². The van der Waals surface area contributed by atoms with Gasteiger partial charge in [0.25, 0.3) is 0 Å². The maximum absolute atomic E-state index is 4.76. The van der Waals surface area contributed by atoms with Crippen LogP contribution in [0.15, 0.2) is 11.2 Å². The first-order valence-electron chi connectivity index (χ1n) is 1.78. The van der Waals surface area contributed by atoms with Crippen molar-refractivity contribution in [3.8, 4) is 0 Å². The molecular weight excluding hydrogens is 144 g/mol. The lowest BCUT2D eigenvalue weighted by atomic mass is 10.9. The zero-order valence-electron chi connectivity index (χ0n) is 3.65. The Morgan fingerprint density at radius 1 is 1.83 bits per heavy atom. The molecule has 0 amide bonds. The van der Waals surface area contributed by atoms with E-state index in [0.29, 0.717) is 0 Å². The number of halogens is 1. The predicted molar refractivity (Wildman–Crippen MR) is 29.7 cm³/mol. The summed E-state index contributed by atoms with van der Waals surface area (Å²) in [6, 6.07) is 0. The van der Waals surface area contributed by atoms with Gasteiger partial charge in [-0.1, -0.05) is 15.9 Å². The third-order valence-corrected chi connectivity index (χ3v) is 0.530. The van der Waals surface area contributed by atoms with Crippen LogP contribution in [-0.2, 0) is 4.74 Å². The first kappa shape index (κ1) is 6.02. The van der Waals surface area contributed by atoms with Crippen LogP contribution in [0.5, 0.6) is 0 Å². The van der Waals surface area contributed by atoms with Gasteiger partial charge in [-0.15, -0.1) is 0 Å². The van der Waals surface area contributed by atoms with E-state index in [1.165, 1.54) is 0 Å².